The molecule has 0 saturated heterocycles. The van der Waals surface area contributed by atoms with E-state index >= 15 is 0 Å². The number of hydrogen-bond acceptors (Lipinski definition) is 3. The fraction of sp³-hybridized carbons (Fsp3) is 0. The third kappa shape index (κ3) is 0.579. The lowest BCUT2D eigenvalue weighted by Crippen LogP contribution is -1.70. The summed E-state index contributed by atoms with van der Waals surface area (Å²) < 4.78 is 4.65. The van der Waals surface area contributed by atoms with E-state index in [-0.39, 0.29) is 0 Å². The fourth-order valence-electron chi connectivity index (χ4n) is 0.711. The van der Waals surface area contributed by atoms with Crippen molar-refractivity contribution in [2.24, 2.45) is 0 Å². The van der Waals surface area contributed by atoms with Gasteiger partial charge in [-0.15, -0.1) is 0 Å². The van der Waals surface area contributed by atoms with Crippen LogP contribution in [0.5, 0.6) is 0 Å². The molecule has 3 heteroatoms. The standard InChI is InChI=1S/C6H4N2O/c1-2-5-4-9-8-6(5)7-3-1/h1-4H. The minimum absolute atomic E-state index is 0.664. The number of nitrogens with zero attached hydrogens (tertiary/aromatic N) is 2. The highest BCUT2D eigenvalue weighted by atomic mass is 16.5. The van der Waals surface area contributed by atoms with Crippen LogP contribution in [0.15, 0.2) is 29.1 Å². The van der Waals surface area contributed by atoms with Gasteiger partial charge < -0.3 is 4.52 Å². The first-order valence-corrected chi connectivity index (χ1v) is 2.62. The van der Waals surface area contributed by atoms with Crippen LogP contribution in [0.4, 0.5) is 0 Å². The van der Waals surface area contributed by atoms with Crippen molar-refractivity contribution in [1.29, 1.82) is 0 Å². The number of hydrogen-bond donors (Lipinski definition) is 0. The van der Waals surface area contributed by atoms with E-state index < -0.39 is 0 Å². The number of fused-ring (bicyclic) bond motifs is 1. The van der Waals surface area contributed by atoms with Crippen LogP contribution in [-0.4, -0.2) is 10.1 Å². The predicted octanol–water partition coefficient (Wildman–Crippen LogP) is 1.22. The molecule has 0 saturated carbocycles. The topological polar surface area (TPSA) is 38.9 Å². The predicted molar refractivity (Wildman–Crippen MR) is 31.8 cm³/mol. The van der Waals surface area contributed by atoms with Crippen molar-refractivity contribution in [1.82, 2.24) is 10.1 Å². The Labute approximate surface area is 51.3 Å². The molecule has 2 rings (SSSR count). The Balaban J connectivity index is 2.95. The van der Waals surface area contributed by atoms with Gasteiger partial charge in [0.05, 0.1) is 5.39 Å². The van der Waals surface area contributed by atoms with Crippen molar-refractivity contribution in [3.8, 4) is 0 Å². The van der Waals surface area contributed by atoms with Gasteiger partial charge in [0.25, 0.3) is 0 Å². The molecule has 0 bridgehead atoms. The van der Waals surface area contributed by atoms with E-state index in [9.17, 15) is 0 Å². The molecule has 0 radical (unpaired) electrons. The van der Waals surface area contributed by atoms with Gasteiger partial charge in [-0.05, 0) is 12.1 Å². The van der Waals surface area contributed by atoms with Gasteiger partial charge in [0.1, 0.15) is 6.26 Å². The molecule has 0 aromatic carbocycles. The molecule has 2 aromatic heterocycles. The SMILES string of the molecule is c1cnc2nocc2c1. The van der Waals surface area contributed by atoms with Crippen LogP contribution in [0.2, 0.25) is 0 Å². The zero-order valence-electron chi connectivity index (χ0n) is 4.61. The summed E-state index contributed by atoms with van der Waals surface area (Å²) in [7, 11) is 0. The van der Waals surface area contributed by atoms with Crippen molar-refractivity contribution < 1.29 is 4.52 Å². The highest BCUT2D eigenvalue weighted by Crippen LogP contribution is 2.05. The van der Waals surface area contributed by atoms with Crippen LogP contribution >= 0.6 is 0 Å². The zero-order chi connectivity index (χ0) is 6.10. The van der Waals surface area contributed by atoms with Crippen molar-refractivity contribution in [2.75, 3.05) is 0 Å². The number of pyridine rings is 1. The molecule has 0 aliphatic heterocycles. The first-order valence-electron chi connectivity index (χ1n) is 2.62. The Morgan fingerprint density at radius 2 is 2.44 bits per heavy atom. The van der Waals surface area contributed by atoms with Gasteiger partial charge in [0.2, 0.25) is 5.65 Å². The van der Waals surface area contributed by atoms with Gasteiger partial charge in [-0.1, -0.05) is 5.16 Å². The first kappa shape index (κ1) is 4.49. The summed E-state index contributed by atoms with van der Waals surface area (Å²) in [6.45, 7) is 0. The van der Waals surface area contributed by atoms with Crippen molar-refractivity contribution >= 4 is 11.0 Å². The van der Waals surface area contributed by atoms with Gasteiger partial charge >= 0.3 is 0 Å². The molecule has 0 spiro atoms. The minimum Gasteiger partial charge on any atom is -0.362 e. The third-order valence-corrected chi connectivity index (χ3v) is 1.14. The summed E-state index contributed by atoms with van der Waals surface area (Å²) in [6.07, 6.45) is 3.26. The van der Waals surface area contributed by atoms with Crippen LogP contribution in [0.25, 0.3) is 11.0 Å². The van der Waals surface area contributed by atoms with Crippen LogP contribution in [0, 0.1) is 0 Å². The van der Waals surface area contributed by atoms with Crippen molar-refractivity contribution in [3.05, 3.63) is 24.6 Å². The largest absolute Gasteiger partial charge is 0.362 e. The van der Waals surface area contributed by atoms with E-state index in [4.69, 9.17) is 0 Å². The average Bonchev–Trinajstić information content (AvgIpc) is 2.33. The maximum absolute atomic E-state index is 4.65. The maximum Gasteiger partial charge on any atom is 0.202 e. The highest BCUT2D eigenvalue weighted by molar-refractivity contribution is 5.71. The molecule has 0 unspecified atom stereocenters. The molecule has 0 atom stereocenters. The Morgan fingerprint density at radius 3 is 3.33 bits per heavy atom. The molecule has 9 heavy (non-hydrogen) atoms. The van der Waals surface area contributed by atoms with Crippen LogP contribution in [0.1, 0.15) is 0 Å². The molecule has 0 amide bonds. The Bertz CT molecular complexity index is 285. The van der Waals surface area contributed by atoms with E-state index in [0.717, 1.165) is 5.39 Å². The quantitative estimate of drug-likeness (QED) is 0.524. The summed E-state index contributed by atoms with van der Waals surface area (Å²) in [5, 5.41) is 4.57. The van der Waals surface area contributed by atoms with Crippen LogP contribution in [0.3, 0.4) is 0 Å². The van der Waals surface area contributed by atoms with Crippen LogP contribution in [-0.2, 0) is 0 Å². The second-order valence-electron chi connectivity index (χ2n) is 1.73. The van der Waals surface area contributed by atoms with Crippen LogP contribution < -0.4 is 0 Å². The Kier molecular flexibility index (Phi) is 0.773. The molecule has 0 aliphatic carbocycles. The van der Waals surface area contributed by atoms with Gasteiger partial charge in [0.15, 0.2) is 0 Å². The van der Waals surface area contributed by atoms with E-state index in [1.54, 1.807) is 12.5 Å². The zero-order valence-corrected chi connectivity index (χ0v) is 4.61. The molecule has 3 nitrogen and oxygen atoms in total. The summed E-state index contributed by atoms with van der Waals surface area (Å²) in [5.41, 5.74) is 0.664. The molecule has 0 fully saturated rings. The molecule has 0 N–H and O–H groups in total. The maximum atomic E-state index is 4.65. The molecular weight excluding hydrogens is 116 g/mol. The molecule has 2 heterocycles. The smallest absolute Gasteiger partial charge is 0.202 e. The van der Waals surface area contributed by atoms with Crippen molar-refractivity contribution in [3.63, 3.8) is 0 Å². The minimum atomic E-state index is 0.664. The average molecular weight is 120 g/mol. The summed E-state index contributed by atoms with van der Waals surface area (Å²) >= 11 is 0. The van der Waals surface area contributed by atoms with Gasteiger partial charge in [-0.3, -0.25) is 0 Å². The monoisotopic (exact) mass is 120 g/mol. The first-order chi connectivity index (χ1) is 4.47. The third-order valence-electron chi connectivity index (χ3n) is 1.14. The van der Waals surface area contributed by atoms with Gasteiger partial charge in [-0.25, -0.2) is 4.98 Å². The lowest BCUT2D eigenvalue weighted by Gasteiger charge is -1.77. The number of aromatic nitrogens is 2. The van der Waals surface area contributed by atoms with E-state index in [0.29, 0.717) is 5.65 Å². The summed E-state index contributed by atoms with van der Waals surface area (Å²) in [4.78, 5) is 3.94. The molecule has 0 aliphatic rings. The Morgan fingerprint density at radius 1 is 1.44 bits per heavy atom. The van der Waals surface area contributed by atoms with Gasteiger partial charge in [-0.2, -0.15) is 0 Å². The fourth-order valence-corrected chi connectivity index (χ4v) is 0.711. The van der Waals surface area contributed by atoms with Gasteiger partial charge in [0, 0.05) is 6.20 Å². The highest BCUT2D eigenvalue weighted by Gasteiger charge is 1.93. The van der Waals surface area contributed by atoms with Crippen molar-refractivity contribution in [2.45, 2.75) is 0 Å². The summed E-state index contributed by atoms with van der Waals surface area (Å²) in [5.74, 6) is 0. The lowest BCUT2D eigenvalue weighted by molar-refractivity contribution is 0.426. The van der Waals surface area contributed by atoms with E-state index in [2.05, 4.69) is 14.7 Å². The normalized spacial score (nSPS) is 10.2. The lowest BCUT2D eigenvalue weighted by atomic mass is 10.4. The number of rotatable bonds is 0. The second-order valence-corrected chi connectivity index (χ2v) is 1.73. The van der Waals surface area contributed by atoms with E-state index in [1.807, 2.05) is 12.1 Å². The molecule has 2 aromatic rings. The van der Waals surface area contributed by atoms with E-state index in [1.165, 1.54) is 0 Å². The Hall–Kier alpha value is -1.38. The molecule has 44 valence electrons. The second kappa shape index (κ2) is 1.55. The summed E-state index contributed by atoms with van der Waals surface area (Å²) in [6, 6.07) is 3.75. The molecular formula is C6H4N2O.